The molecule has 0 saturated carbocycles. The van der Waals surface area contributed by atoms with Crippen LogP contribution in [0.2, 0.25) is 0 Å². The van der Waals surface area contributed by atoms with Crippen LogP contribution in [0.1, 0.15) is 21.6 Å². The first-order valence-electron chi connectivity index (χ1n) is 7.45. The van der Waals surface area contributed by atoms with Crippen molar-refractivity contribution >= 4 is 11.4 Å². The van der Waals surface area contributed by atoms with Crippen LogP contribution in [0.15, 0.2) is 61.3 Å². The molecule has 4 rings (SSSR count). The summed E-state index contributed by atoms with van der Waals surface area (Å²) >= 11 is 0. The first kappa shape index (κ1) is 14.2. The van der Waals surface area contributed by atoms with Crippen LogP contribution < -0.4 is 0 Å². The van der Waals surface area contributed by atoms with Crippen LogP contribution in [-0.2, 0) is 0 Å². The van der Waals surface area contributed by atoms with Gasteiger partial charge in [0.25, 0.3) is 0 Å². The maximum atomic E-state index is 12.8. The summed E-state index contributed by atoms with van der Waals surface area (Å²) in [5.41, 5.74) is 3.91. The highest BCUT2D eigenvalue weighted by atomic mass is 16.1. The molecule has 6 heteroatoms. The minimum Gasteiger partial charge on any atom is -0.287 e. The topological polar surface area (TPSA) is 73.0 Å². The molecule has 6 nitrogen and oxygen atoms in total. The number of nitrogens with zero attached hydrogens (tertiary/aromatic N) is 5. The Bertz CT molecular complexity index is 1040. The SMILES string of the molecule is Cc1cccnc1C(=O)c1cnn2c(-c3cccnc3)ccnc12. The van der Waals surface area contributed by atoms with Crippen LogP contribution in [0.4, 0.5) is 0 Å². The fraction of sp³-hybridized carbons (Fsp3) is 0.0556. The van der Waals surface area contributed by atoms with Crippen molar-refractivity contribution in [2.75, 3.05) is 0 Å². The van der Waals surface area contributed by atoms with Crippen molar-refractivity contribution in [3.05, 3.63) is 78.1 Å². The summed E-state index contributed by atoms with van der Waals surface area (Å²) in [6, 6.07) is 9.31. The third-order valence-corrected chi connectivity index (χ3v) is 3.83. The van der Waals surface area contributed by atoms with Gasteiger partial charge in [0.15, 0.2) is 5.65 Å². The Kier molecular flexibility index (Phi) is 3.35. The van der Waals surface area contributed by atoms with Gasteiger partial charge in [-0.05, 0) is 36.8 Å². The number of hydrogen-bond acceptors (Lipinski definition) is 5. The molecule has 0 atom stereocenters. The molecule has 0 N–H and O–H groups in total. The third kappa shape index (κ3) is 2.25. The summed E-state index contributed by atoms with van der Waals surface area (Å²) in [4.78, 5) is 25.5. The van der Waals surface area contributed by atoms with E-state index in [1.807, 2.05) is 31.2 Å². The van der Waals surface area contributed by atoms with Gasteiger partial charge in [-0.1, -0.05) is 6.07 Å². The number of carbonyl (C=O) groups excluding carboxylic acids is 1. The van der Waals surface area contributed by atoms with Crippen molar-refractivity contribution in [1.29, 1.82) is 0 Å². The monoisotopic (exact) mass is 315 g/mol. The van der Waals surface area contributed by atoms with E-state index in [0.717, 1.165) is 16.8 Å². The predicted octanol–water partition coefficient (Wildman–Crippen LogP) is 2.73. The Labute approximate surface area is 137 Å². The molecule has 0 saturated heterocycles. The Morgan fingerprint density at radius 2 is 1.88 bits per heavy atom. The number of carbonyl (C=O) groups is 1. The van der Waals surface area contributed by atoms with Gasteiger partial charge in [0.2, 0.25) is 5.78 Å². The molecule has 0 radical (unpaired) electrons. The molecule has 0 bridgehead atoms. The van der Waals surface area contributed by atoms with E-state index in [1.54, 1.807) is 41.6 Å². The van der Waals surface area contributed by atoms with E-state index in [4.69, 9.17) is 0 Å². The molecule has 0 aliphatic heterocycles. The molecule has 4 heterocycles. The number of aryl methyl sites for hydroxylation is 1. The van der Waals surface area contributed by atoms with Crippen LogP contribution in [0.5, 0.6) is 0 Å². The average molecular weight is 315 g/mol. The summed E-state index contributed by atoms with van der Waals surface area (Å²) in [7, 11) is 0. The predicted molar refractivity (Wildman–Crippen MR) is 88.6 cm³/mol. The van der Waals surface area contributed by atoms with E-state index >= 15 is 0 Å². The van der Waals surface area contributed by atoms with Gasteiger partial charge in [0.1, 0.15) is 5.69 Å². The molecule has 0 aromatic carbocycles. The molecule has 4 aromatic heterocycles. The zero-order valence-corrected chi connectivity index (χ0v) is 12.9. The molecule has 0 aliphatic carbocycles. The van der Waals surface area contributed by atoms with Crippen molar-refractivity contribution in [2.24, 2.45) is 0 Å². The lowest BCUT2D eigenvalue weighted by atomic mass is 10.1. The quantitative estimate of drug-likeness (QED) is 0.544. The highest BCUT2D eigenvalue weighted by Gasteiger charge is 2.20. The largest absolute Gasteiger partial charge is 0.287 e. The minimum atomic E-state index is -0.182. The molecular formula is C18H13N5O. The highest BCUT2D eigenvalue weighted by molar-refractivity contribution is 6.12. The number of aromatic nitrogens is 5. The summed E-state index contributed by atoms with van der Waals surface area (Å²) < 4.78 is 1.66. The van der Waals surface area contributed by atoms with E-state index in [2.05, 4.69) is 20.1 Å². The number of hydrogen-bond donors (Lipinski definition) is 0. The zero-order valence-electron chi connectivity index (χ0n) is 12.9. The average Bonchev–Trinajstić information content (AvgIpc) is 3.06. The molecule has 4 aromatic rings. The lowest BCUT2D eigenvalue weighted by Gasteiger charge is -2.05. The smallest absolute Gasteiger partial charge is 0.217 e. The van der Waals surface area contributed by atoms with Gasteiger partial charge in [-0.3, -0.25) is 14.8 Å². The van der Waals surface area contributed by atoms with Gasteiger partial charge in [-0.15, -0.1) is 0 Å². The van der Waals surface area contributed by atoms with Crippen molar-refractivity contribution in [3.63, 3.8) is 0 Å². The standard InChI is InChI=1S/C18H13N5O/c1-12-4-2-8-20-16(12)17(24)14-11-22-23-15(6-9-21-18(14)23)13-5-3-7-19-10-13/h2-11H,1H3. The van der Waals surface area contributed by atoms with Gasteiger partial charge >= 0.3 is 0 Å². The fourth-order valence-corrected chi connectivity index (χ4v) is 2.64. The van der Waals surface area contributed by atoms with Gasteiger partial charge in [0, 0.05) is 30.4 Å². The molecule has 116 valence electrons. The first-order chi connectivity index (χ1) is 11.8. The van der Waals surface area contributed by atoms with Gasteiger partial charge in [-0.25, -0.2) is 9.50 Å². The molecule has 0 unspecified atom stereocenters. The molecule has 24 heavy (non-hydrogen) atoms. The Hall–Kier alpha value is -3.41. The lowest BCUT2D eigenvalue weighted by molar-refractivity contribution is 0.103. The molecule has 0 aliphatic rings. The Morgan fingerprint density at radius 3 is 2.67 bits per heavy atom. The van der Waals surface area contributed by atoms with Crippen LogP contribution >= 0.6 is 0 Å². The van der Waals surface area contributed by atoms with Crippen molar-refractivity contribution in [2.45, 2.75) is 6.92 Å². The summed E-state index contributed by atoms with van der Waals surface area (Å²) in [5.74, 6) is -0.182. The van der Waals surface area contributed by atoms with Crippen LogP contribution in [0.3, 0.4) is 0 Å². The fourth-order valence-electron chi connectivity index (χ4n) is 2.64. The van der Waals surface area contributed by atoms with E-state index in [0.29, 0.717) is 16.9 Å². The number of ketones is 1. The second-order valence-corrected chi connectivity index (χ2v) is 5.36. The van der Waals surface area contributed by atoms with Crippen molar-refractivity contribution in [3.8, 4) is 11.3 Å². The van der Waals surface area contributed by atoms with Crippen LogP contribution in [-0.4, -0.2) is 30.3 Å². The minimum absolute atomic E-state index is 0.182. The normalized spacial score (nSPS) is 10.9. The van der Waals surface area contributed by atoms with E-state index in [-0.39, 0.29) is 5.78 Å². The maximum Gasteiger partial charge on any atom is 0.217 e. The molecule has 0 amide bonds. The maximum absolute atomic E-state index is 12.8. The van der Waals surface area contributed by atoms with Crippen LogP contribution in [0.25, 0.3) is 16.9 Å². The number of pyridine rings is 2. The molecule has 0 fully saturated rings. The summed E-state index contributed by atoms with van der Waals surface area (Å²) in [6.45, 7) is 1.86. The lowest BCUT2D eigenvalue weighted by Crippen LogP contribution is -2.07. The second-order valence-electron chi connectivity index (χ2n) is 5.36. The van der Waals surface area contributed by atoms with Gasteiger partial charge in [0.05, 0.1) is 17.5 Å². The van der Waals surface area contributed by atoms with Crippen LogP contribution in [0, 0.1) is 6.92 Å². The van der Waals surface area contributed by atoms with Crippen molar-refractivity contribution in [1.82, 2.24) is 24.6 Å². The van der Waals surface area contributed by atoms with E-state index in [9.17, 15) is 4.79 Å². The number of rotatable bonds is 3. The van der Waals surface area contributed by atoms with E-state index in [1.165, 1.54) is 0 Å². The van der Waals surface area contributed by atoms with E-state index < -0.39 is 0 Å². The molecular weight excluding hydrogens is 302 g/mol. The van der Waals surface area contributed by atoms with Gasteiger partial charge < -0.3 is 0 Å². The third-order valence-electron chi connectivity index (χ3n) is 3.83. The number of fused-ring (bicyclic) bond motifs is 1. The summed E-state index contributed by atoms with van der Waals surface area (Å²) in [6.07, 6.45) is 8.28. The summed E-state index contributed by atoms with van der Waals surface area (Å²) in [5, 5.41) is 4.35. The Morgan fingerprint density at radius 1 is 1.00 bits per heavy atom. The Balaban J connectivity index is 1.88. The highest BCUT2D eigenvalue weighted by Crippen LogP contribution is 2.21. The zero-order chi connectivity index (χ0) is 16.5. The van der Waals surface area contributed by atoms with Crippen molar-refractivity contribution < 1.29 is 4.79 Å². The first-order valence-corrected chi connectivity index (χ1v) is 7.45. The second kappa shape index (κ2) is 5.66. The van der Waals surface area contributed by atoms with Gasteiger partial charge in [-0.2, -0.15) is 5.10 Å². The molecule has 0 spiro atoms.